The van der Waals surface area contributed by atoms with Gasteiger partial charge in [-0.2, -0.15) is 0 Å². The molecule has 2 nitrogen and oxygen atoms in total. The number of piperidine rings is 1. The molecule has 2 heteroatoms. The Morgan fingerprint density at radius 3 is 2.53 bits per heavy atom. The van der Waals surface area contributed by atoms with E-state index in [9.17, 15) is 0 Å². The Morgan fingerprint density at radius 2 is 1.89 bits per heavy atom. The summed E-state index contributed by atoms with van der Waals surface area (Å²) in [5.74, 6) is 0.784. The summed E-state index contributed by atoms with van der Waals surface area (Å²) in [5.41, 5.74) is 2.72. The van der Waals surface area contributed by atoms with Crippen LogP contribution in [0.25, 0.3) is 0 Å². The quantitative estimate of drug-likeness (QED) is 0.893. The van der Waals surface area contributed by atoms with Crippen LogP contribution < -0.4 is 5.32 Å². The lowest BCUT2D eigenvalue weighted by atomic mass is 9.91. The van der Waals surface area contributed by atoms with Gasteiger partial charge in [0.15, 0.2) is 0 Å². The van der Waals surface area contributed by atoms with Gasteiger partial charge in [-0.05, 0) is 58.7 Å². The van der Waals surface area contributed by atoms with Crippen molar-refractivity contribution >= 4 is 0 Å². The standard InChI is InChI=1S/C17H28N2/c1-13-7-9-16(10-8-13)14(2)18-15(3)17-6-5-11-19(4)12-17/h7-10,14-15,17-18H,5-6,11-12H2,1-4H3/t14-,15?,17?/m1/s1. The molecule has 0 aromatic heterocycles. The van der Waals surface area contributed by atoms with Crippen LogP contribution >= 0.6 is 0 Å². The fourth-order valence-corrected chi connectivity index (χ4v) is 3.10. The van der Waals surface area contributed by atoms with Gasteiger partial charge >= 0.3 is 0 Å². The van der Waals surface area contributed by atoms with Crippen LogP contribution in [-0.4, -0.2) is 31.1 Å². The van der Waals surface area contributed by atoms with Gasteiger partial charge in [-0.3, -0.25) is 0 Å². The van der Waals surface area contributed by atoms with Gasteiger partial charge in [-0.15, -0.1) is 0 Å². The minimum absolute atomic E-state index is 0.433. The van der Waals surface area contributed by atoms with Crippen LogP contribution in [0.3, 0.4) is 0 Å². The second-order valence-electron chi connectivity index (χ2n) is 6.25. The number of hydrogen-bond acceptors (Lipinski definition) is 2. The SMILES string of the molecule is Cc1ccc([C@@H](C)NC(C)C2CCCN(C)C2)cc1. The van der Waals surface area contributed by atoms with Gasteiger partial charge in [-0.25, -0.2) is 0 Å². The minimum atomic E-state index is 0.433. The highest BCUT2D eigenvalue weighted by Crippen LogP contribution is 2.21. The fraction of sp³-hybridized carbons (Fsp3) is 0.647. The molecule has 2 unspecified atom stereocenters. The van der Waals surface area contributed by atoms with E-state index in [1.807, 2.05) is 0 Å². The van der Waals surface area contributed by atoms with Gasteiger partial charge in [-0.1, -0.05) is 29.8 Å². The first-order valence-electron chi connectivity index (χ1n) is 7.57. The first-order valence-corrected chi connectivity index (χ1v) is 7.57. The van der Waals surface area contributed by atoms with Crippen molar-refractivity contribution in [3.05, 3.63) is 35.4 Å². The van der Waals surface area contributed by atoms with E-state index >= 15 is 0 Å². The minimum Gasteiger partial charge on any atom is -0.307 e. The number of rotatable bonds is 4. The van der Waals surface area contributed by atoms with E-state index in [1.54, 1.807) is 0 Å². The molecular weight excluding hydrogens is 232 g/mol. The summed E-state index contributed by atoms with van der Waals surface area (Å²) >= 11 is 0. The molecule has 0 aliphatic carbocycles. The number of aryl methyl sites for hydroxylation is 1. The summed E-state index contributed by atoms with van der Waals surface area (Å²) in [6, 6.07) is 9.90. The number of nitrogens with one attached hydrogen (secondary N) is 1. The monoisotopic (exact) mass is 260 g/mol. The Balaban J connectivity index is 1.90. The summed E-state index contributed by atoms with van der Waals surface area (Å²) in [5, 5.41) is 3.78. The van der Waals surface area contributed by atoms with Gasteiger partial charge in [0.2, 0.25) is 0 Å². The van der Waals surface area contributed by atoms with Crippen LogP contribution in [0.15, 0.2) is 24.3 Å². The van der Waals surface area contributed by atoms with Crippen LogP contribution in [-0.2, 0) is 0 Å². The Kier molecular flexibility index (Phi) is 5.00. The summed E-state index contributed by atoms with van der Waals surface area (Å²) in [7, 11) is 2.24. The number of nitrogens with zero attached hydrogens (tertiary/aromatic N) is 1. The predicted molar refractivity (Wildman–Crippen MR) is 82.4 cm³/mol. The van der Waals surface area contributed by atoms with E-state index in [1.165, 1.54) is 37.1 Å². The molecule has 0 spiro atoms. The zero-order valence-electron chi connectivity index (χ0n) is 12.8. The molecule has 1 saturated heterocycles. The van der Waals surface area contributed by atoms with E-state index in [-0.39, 0.29) is 0 Å². The summed E-state index contributed by atoms with van der Waals surface area (Å²) in [6.45, 7) is 9.25. The predicted octanol–water partition coefficient (Wildman–Crippen LogP) is 3.38. The molecule has 1 heterocycles. The number of hydrogen-bond donors (Lipinski definition) is 1. The lowest BCUT2D eigenvalue weighted by Gasteiger charge is -2.35. The second kappa shape index (κ2) is 6.53. The molecule has 1 fully saturated rings. The van der Waals surface area contributed by atoms with Gasteiger partial charge in [0.1, 0.15) is 0 Å². The van der Waals surface area contributed by atoms with Crippen molar-refractivity contribution in [3.63, 3.8) is 0 Å². The third-order valence-corrected chi connectivity index (χ3v) is 4.46. The highest BCUT2D eigenvalue weighted by Gasteiger charge is 2.23. The van der Waals surface area contributed by atoms with Crippen molar-refractivity contribution in [2.45, 2.75) is 45.7 Å². The molecule has 0 radical (unpaired) electrons. The molecular formula is C17H28N2. The Hall–Kier alpha value is -0.860. The third kappa shape index (κ3) is 4.05. The molecule has 2 rings (SSSR count). The summed E-state index contributed by atoms with van der Waals surface area (Å²) in [4.78, 5) is 2.46. The van der Waals surface area contributed by atoms with Crippen molar-refractivity contribution < 1.29 is 0 Å². The number of benzene rings is 1. The van der Waals surface area contributed by atoms with E-state index in [2.05, 4.69) is 62.3 Å². The molecule has 0 amide bonds. The molecule has 1 aliphatic heterocycles. The fourth-order valence-electron chi connectivity index (χ4n) is 3.10. The zero-order valence-corrected chi connectivity index (χ0v) is 12.8. The van der Waals surface area contributed by atoms with E-state index in [4.69, 9.17) is 0 Å². The average molecular weight is 260 g/mol. The molecule has 19 heavy (non-hydrogen) atoms. The lowest BCUT2D eigenvalue weighted by molar-refractivity contribution is 0.174. The van der Waals surface area contributed by atoms with Gasteiger partial charge in [0.05, 0.1) is 0 Å². The van der Waals surface area contributed by atoms with Gasteiger partial charge in [0.25, 0.3) is 0 Å². The van der Waals surface area contributed by atoms with Crippen molar-refractivity contribution in [2.75, 3.05) is 20.1 Å². The molecule has 1 aromatic rings. The van der Waals surface area contributed by atoms with Crippen LogP contribution in [0.2, 0.25) is 0 Å². The molecule has 1 aromatic carbocycles. The number of likely N-dealkylation sites (tertiary alicyclic amines) is 1. The van der Waals surface area contributed by atoms with Crippen molar-refractivity contribution in [1.82, 2.24) is 10.2 Å². The molecule has 0 saturated carbocycles. The molecule has 0 bridgehead atoms. The van der Waals surface area contributed by atoms with E-state index < -0.39 is 0 Å². The third-order valence-electron chi connectivity index (χ3n) is 4.46. The normalized spacial score (nSPS) is 24.1. The molecule has 3 atom stereocenters. The lowest BCUT2D eigenvalue weighted by Crippen LogP contribution is -2.43. The maximum Gasteiger partial charge on any atom is 0.0294 e. The van der Waals surface area contributed by atoms with Crippen molar-refractivity contribution in [1.29, 1.82) is 0 Å². The summed E-state index contributed by atoms with van der Waals surface area (Å²) in [6.07, 6.45) is 2.70. The highest BCUT2D eigenvalue weighted by molar-refractivity contribution is 5.23. The first-order chi connectivity index (χ1) is 9.06. The molecule has 106 valence electrons. The largest absolute Gasteiger partial charge is 0.307 e. The molecule has 1 aliphatic rings. The van der Waals surface area contributed by atoms with Crippen molar-refractivity contribution in [2.24, 2.45) is 5.92 Å². The maximum atomic E-state index is 3.78. The van der Waals surface area contributed by atoms with Gasteiger partial charge < -0.3 is 10.2 Å². The van der Waals surface area contributed by atoms with Gasteiger partial charge in [0, 0.05) is 18.6 Å². The Morgan fingerprint density at radius 1 is 1.21 bits per heavy atom. The Labute approximate surface area is 118 Å². The van der Waals surface area contributed by atoms with Crippen LogP contribution in [0, 0.1) is 12.8 Å². The highest BCUT2D eigenvalue weighted by atomic mass is 15.1. The topological polar surface area (TPSA) is 15.3 Å². The average Bonchev–Trinajstić information content (AvgIpc) is 2.39. The Bertz CT molecular complexity index is 385. The van der Waals surface area contributed by atoms with E-state index in [0.717, 1.165) is 5.92 Å². The zero-order chi connectivity index (χ0) is 13.8. The van der Waals surface area contributed by atoms with Crippen LogP contribution in [0.1, 0.15) is 43.9 Å². The van der Waals surface area contributed by atoms with Crippen molar-refractivity contribution in [3.8, 4) is 0 Å². The summed E-state index contributed by atoms with van der Waals surface area (Å²) < 4.78 is 0. The maximum absolute atomic E-state index is 3.78. The second-order valence-corrected chi connectivity index (χ2v) is 6.25. The van der Waals surface area contributed by atoms with E-state index in [0.29, 0.717) is 12.1 Å². The van der Waals surface area contributed by atoms with Crippen LogP contribution in [0.4, 0.5) is 0 Å². The van der Waals surface area contributed by atoms with Crippen LogP contribution in [0.5, 0.6) is 0 Å². The smallest absolute Gasteiger partial charge is 0.0294 e. The molecule has 1 N–H and O–H groups in total. The first kappa shape index (κ1) is 14.5.